The predicted octanol–water partition coefficient (Wildman–Crippen LogP) is 4.21. The Morgan fingerprint density at radius 2 is 1.45 bits per heavy atom. The number of aromatic nitrogens is 1. The fourth-order valence-electron chi connectivity index (χ4n) is 4.72. The average molecular weight is 530 g/mol. The number of nitrogens with one attached hydrogen (secondary N) is 1. The van der Waals surface area contributed by atoms with E-state index in [1.54, 1.807) is 18.2 Å². The first kappa shape index (κ1) is 25.7. The fraction of sp³-hybridized carbons (Fsp3) is 0.241. The molecule has 8 nitrogen and oxygen atoms in total. The molecule has 0 spiro atoms. The van der Waals surface area contributed by atoms with Gasteiger partial charge in [0, 0.05) is 81.0 Å². The summed E-state index contributed by atoms with van der Waals surface area (Å²) in [5.41, 5.74) is 2.99. The van der Waals surface area contributed by atoms with Crippen molar-refractivity contribution in [2.45, 2.75) is 11.3 Å². The lowest BCUT2D eigenvalue weighted by Crippen LogP contribution is -2.46. The Balaban J connectivity index is 1.13. The predicted molar refractivity (Wildman–Crippen MR) is 152 cm³/mol. The molecular formula is C29H31N5O3S. The standard InChI is InChI=1S/C29H31N5O3S/c1-32(38(36,37)28-8-4-6-23-5-2-3-7-27(23)28)18-15-29(35)31-24-9-11-25(12-10-24)33-19-21-34(22-20-33)26-13-16-30-17-14-26/h2-14,16-17H,15,18-22H2,1H3,(H,31,35). The number of anilines is 3. The summed E-state index contributed by atoms with van der Waals surface area (Å²) in [5.74, 6) is -0.233. The van der Waals surface area contributed by atoms with E-state index in [0.717, 1.165) is 37.3 Å². The molecule has 1 saturated heterocycles. The highest BCUT2D eigenvalue weighted by Gasteiger charge is 2.23. The summed E-state index contributed by atoms with van der Waals surface area (Å²) in [7, 11) is -2.23. The smallest absolute Gasteiger partial charge is 0.243 e. The van der Waals surface area contributed by atoms with E-state index < -0.39 is 10.0 Å². The van der Waals surface area contributed by atoms with Crippen LogP contribution in [-0.2, 0) is 14.8 Å². The Kier molecular flexibility index (Phi) is 7.57. The molecule has 0 radical (unpaired) electrons. The maximum absolute atomic E-state index is 13.2. The van der Waals surface area contributed by atoms with Gasteiger partial charge in [-0.3, -0.25) is 9.78 Å². The minimum atomic E-state index is -3.73. The molecule has 9 heteroatoms. The summed E-state index contributed by atoms with van der Waals surface area (Å²) in [5, 5.41) is 4.42. The molecule has 1 N–H and O–H groups in total. The summed E-state index contributed by atoms with van der Waals surface area (Å²) >= 11 is 0. The SMILES string of the molecule is CN(CCC(=O)Nc1ccc(N2CCN(c3ccncc3)CC2)cc1)S(=O)(=O)c1cccc2ccccc12. The van der Waals surface area contributed by atoms with Crippen LogP contribution < -0.4 is 15.1 Å². The van der Waals surface area contributed by atoms with Gasteiger partial charge in [-0.15, -0.1) is 0 Å². The van der Waals surface area contributed by atoms with E-state index in [0.29, 0.717) is 11.1 Å². The monoisotopic (exact) mass is 529 g/mol. The maximum Gasteiger partial charge on any atom is 0.243 e. The highest BCUT2D eigenvalue weighted by molar-refractivity contribution is 7.89. The molecule has 1 aliphatic heterocycles. The number of nitrogens with zero attached hydrogens (tertiary/aromatic N) is 4. The molecule has 2 heterocycles. The number of benzene rings is 3. The third-order valence-corrected chi connectivity index (χ3v) is 8.83. The van der Waals surface area contributed by atoms with Crippen molar-refractivity contribution in [3.05, 3.63) is 91.3 Å². The van der Waals surface area contributed by atoms with E-state index in [1.807, 2.05) is 73.1 Å². The van der Waals surface area contributed by atoms with E-state index in [9.17, 15) is 13.2 Å². The topological polar surface area (TPSA) is 85.8 Å². The largest absolute Gasteiger partial charge is 0.368 e. The summed E-state index contributed by atoms with van der Waals surface area (Å²) in [4.78, 5) is 21.6. The van der Waals surface area contributed by atoms with Crippen molar-refractivity contribution >= 4 is 43.8 Å². The van der Waals surface area contributed by atoms with Crippen molar-refractivity contribution in [3.8, 4) is 0 Å². The molecule has 1 fully saturated rings. The van der Waals surface area contributed by atoms with Crippen molar-refractivity contribution in [2.75, 3.05) is 54.9 Å². The van der Waals surface area contributed by atoms with Crippen molar-refractivity contribution in [1.29, 1.82) is 0 Å². The number of rotatable bonds is 8. The van der Waals surface area contributed by atoms with Crippen LogP contribution in [0.3, 0.4) is 0 Å². The summed E-state index contributed by atoms with van der Waals surface area (Å²) in [6.07, 6.45) is 3.69. The molecule has 5 rings (SSSR count). The second-order valence-corrected chi connectivity index (χ2v) is 11.3. The van der Waals surface area contributed by atoms with Crippen LogP contribution in [0.25, 0.3) is 10.8 Å². The van der Waals surface area contributed by atoms with Gasteiger partial charge in [0.15, 0.2) is 0 Å². The molecule has 196 valence electrons. The highest BCUT2D eigenvalue weighted by Crippen LogP contribution is 2.25. The van der Waals surface area contributed by atoms with E-state index in [1.165, 1.54) is 17.0 Å². The third-order valence-electron chi connectivity index (χ3n) is 6.92. The van der Waals surface area contributed by atoms with Crippen LogP contribution in [0.1, 0.15) is 6.42 Å². The molecule has 0 atom stereocenters. The number of hydrogen-bond donors (Lipinski definition) is 1. The van der Waals surface area contributed by atoms with E-state index in [2.05, 4.69) is 20.1 Å². The number of amides is 1. The zero-order valence-electron chi connectivity index (χ0n) is 21.3. The number of sulfonamides is 1. The van der Waals surface area contributed by atoms with Crippen molar-refractivity contribution in [2.24, 2.45) is 0 Å². The Hall–Kier alpha value is -3.95. The van der Waals surface area contributed by atoms with Gasteiger partial charge in [0.2, 0.25) is 15.9 Å². The molecule has 1 aliphatic rings. The fourth-order valence-corrected chi connectivity index (χ4v) is 6.11. The van der Waals surface area contributed by atoms with Gasteiger partial charge < -0.3 is 15.1 Å². The average Bonchev–Trinajstić information content (AvgIpc) is 2.96. The number of piperazine rings is 1. The zero-order chi connectivity index (χ0) is 26.5. The summed E-state index contributed by atoms with van der Waals surface area (Å²) in [6.45, 7) is 3.75. The molecule has 0 saturated carbocycles. The first-order valence-corrected chi connectivity index (χ1v) is 14.1. The first-order chi connectivity index (χ1) is 18.4. The van der Waals surface area contributed by atoms with Crippen LogP contribution in [0, 0.1) is 0 Å². The van der Waals surface area contributed by atoms with Gasteiger partial charge >= 0.3 is 0 Å². The third kappa shape index (κ3) is 5.64. The highest BCUT2D eigenvalue weighted by atomic mass is 32.2. The number of fused-ring (bicyclic) bond motifs is 1. The molecule has 1 amide bonds. The van der Waals surface area contributed by atoms with Gasteiger partial charge in [0.25, 0.3) is 0 Å². The van der Waals surface area contributed by atoms with E-state index in [-0.39, 0.29) is 23.8 Å². The van der Waals surface area contributed by atoms with Gasteiger partial charge in [-0.1, -0.05) is 36.4 Å². The Morgan fingerprint density at radius 3 is 2.13 bits per heavy atom. The Bertz CT molecular complexity index is 1500. The molecule has 1 aromatic heterocycles. The van der Waals surface area contributed by atoms with E-state index in [4.69, 9.17) is 0 Å². The minimum absolute atomic E-state index is 0.0548. The van der Waals surface area contributed by atoms with Crippen molar-refractivity contribution in [3.63, 3.8) is 0 Å². The number of carbonyl (C=O) groups excluding carboxylic acids is 1. The van der Waals surface area contributed by atoms with Crippen molar-refractivity contribution in [1.82, 2.24) is 9.29 Å². The van der Waals surface area contributed by atoms with Gasteiger partial charge in [-0.2, -0.15) is 0 Å². The summed E-state index contributed by atoms with van der Waals surface area (Å²) < 4.78 is 27.6. The first-order valence-electron chi connectivity index (χ1n) is 12.7. The molecule has 4 aromatic rings. The molecular weight excluding hydrogens is 498 g/mol. The molecule has 0 bridgehead atoms. The normalized spacial score (nSPS) is 14.2. The second-order valence-electron chi connectivity index (χ2n) is 9.33. The van der Waals surface area contributed by atoms with Gasteiger partial charge in [0.05, 0.1) is 4.90 Å². The summed E-state index contributed by atoms with van der Waals surface area (Å²) in [6, 6.07) is 24.5. The number of pyridine rings is 1. The lowest BCUT2D eigenvalue weighted by atomic mass is 10.1. The zero-order valence-corrected chi connectivity index (χ0v) is 22.1. The maximum atomic E-state index is 13.2. The molecule has 0 aliphatic carbocycles. The van der Waals surface area contributed by atoms with Gasteiger partial charge in [-0.05, 0) is 47.9 Å². The minimum Gasteiger partial charge on any atom is -0.368 e. The number of hydrogen-bond acceptors (Lipinski definition) is 6. The second kappa shape index (κ2) is 11.2. The number of carbonyl (C=O) groups is 1. The quantitative estimate of drug-likeness (QED) is 0.368. The van der Waals surface area contributed by atoms with Crippen LogP contribution in [0.15, 0.2) is 96.2 Å². The molecule has 0 unspecified atom stereocenters. The lowest BCUT2D eigenvalue weighted by Gasteiger charge is -2.37. The van der Waals surface area contributed by atoms with Crippen LogP contribution >= 0.6 is 0 Å². The van der Waals surface area contributed by atoms with Gasteiger partial charge in [-0.25, -0.2) is 12.7 Å². The Morgan fingerprint density at radius 1 is 0.842 bits per heavy atom. The van der Waals surface area contributed by atoms with Crippen LogP contribution in [0.2, 0.25) is 0 Å². The molecule has 3 aromatic carbocycles. The lowest BCUT2D eigenvalue weighted by molar-refractivity contribution is -0.116. The van der Waals surface area contributed by atoms with Gasteiger partial charge in [0.1, 0.15) is 0 Å². The van der Waals surface area contributed by atoms with Crippen LogP contribution in [-0.4, -0.2) is 63.4 Å². The van der Waals surface area contributed by atoms with Crippen molar-refractivity contribution < 1.29 is 13.2 Å². The molecule has 38 heavy (non-hydrogen) atoms. The van der Waals surface area contributed by atoms with Crippen LogP contribution in [0.5, 0.6) is 0 Å². The van der Waals surface area contributed by atoms with E-state index >= 15 is 0 Å². The van der Waals surface area contributed by atoms with Crippen LogP contribution in [0.4, 0.5) is 17.1 Å². The Labute approximate surface area is 223 Å².